The second-order valence-corrected chi connectivity index (χ2v) is 2.74. The molecule has 2 heteroatoms. The molecule has 0 amide bonds. The smallest absolute Gasteiger partial charge is 0.0218 e. The molecule has 0 aliphatic carbocycles. The molecular weight excluding hydrogens is 118 g/mol. The van der Waals surface area contributed by atoms with Gasteiger partial charge in [0.05, 0.1) is 0 Å². The first-order valence-corrected chi connectivity index (χ1v) is 3.26. The fourth-order valence-electron chi connectivity index (χ4n) is 0.843. The summed E-state index contributed by atoms with van der Waals surface area (Å²) in [5.41, 5.74) is 1.33. The summed E-state index contributed by atoms with van der Waals surface area (Å²) in [6.45, 7) is 3.25. The minimum atomic E-state index is 1.13. The van der Waals surface area contributed by atoms with E-state index in [0.29, 0.717) is 0 Å². The molecular formula is C6H11NS. The van der Waals surface area contributed by atoms with Crippen LogP contribution in [0.5, 0.6) is 0 Å². The molecule has 1 rings (SSSR count). The van der Waals surface area contributed by atoms with Crippen LogP contribution in [0.1, 0.15) is 13.3 Å². The van der Waals surface area contributed by atoms with Crippen LogP contribution in [0.15, 0.2) is 10.6 Å². The summed E-state index contributed by atoms with van der Waals surface area (Å²) >= 11 is 4.28. The summed E-state index contributed by atoms with van der Waals surface area (Å²) in [4.78, 5) is 3.47. The van der Waals surface area contributed by atoms with Crippen molar-refractivity contribution in [1.29, 1.82) is 0 Å². The topological polar surface area (TPSA) is 3.24 Å². The Morgan fingerprint density at radius 2 is 2.25 bits per heavy atom. The molecule has 0 aromatic rings. The van der Waals surface area contributed by atoms with Crippen LogP contribution in [0.4, 0.5) is 0 Å². The highest BCUT2D eigenvalue weighted by Gasteiger charge is 2.10. The van der Waals surface area contributed by atoms with E-state index in [1.54, 1.807) is 0 Å². The molecule has 0 fully saturated rings. The Hall–Kier alpha value is -0.110. The first kappa shape index (κ1) is 6.02. The average molecular weight is 129 g/mol. The largest absolute Gasteiger partial charge is 0.377 e. The number of hydrogen-bond donors (Lipinski definition) is 1. The number of rotatable bonds is 0. The fraction of sp³-hybridized carbons (Fsp3) is 0.667. The van der Waals surface area contributed by atoms with Gasteiger partial charge in [-0.3, -0.25) is 0 Å². The van der Waals surface area contributed by atoms with Crippen molar-refractivity contribution < 1.29 is 0 Å². The van der Waals surface area contributed by atoms with Crippen molar-refractivity contribution in [3.8, 4) is 0 Å². The molecule has 1 aliphatic rings. The third-order valence-electron chi connectivity index (χ3n) is 1.67. The summed E-state index contributed by atoms with van der Waals surface area (Å²) < 4.78 is 0. The van der Waals surface area contributed by atoms with E-state index >= 15 is 0 Å². The van der Waals surface area contributed by atoms with Crippen LogP contribution in [0.3, 0.4) is 0 Å². The zero-order valence-electron chi connectivity index (χ0n) is 5.31. The average Bonchev–Trinajstić information content (AvgIpc) is 1.98. The Morgan fingerprint density at radius 1 is 1.62 bits per heavy atom. The molecule has 1 heterocycles. The van der Waals surface area contributed by atoms with Gasteiger partial charge >= 0.3 is 0 Å². The summed E-state index contributed by atoms with van der Waals surface area (Å²) in [6.07, 6.45) is 1.13. The molecule has 8 heavy (non-hydrogen) atoms. The Bertz CT molecular complexity index is 128. The minimum Gasteiger partial charge on any atom is -0.377 e. The molecule has 46 valence electrons. The van der Waals surface area contributed by atoms with E-state index in [4.69, 9.17) is 0 Å². The van der Waals surface area contributed by atoms with Crippen LogP contribution in [-0.4, -0.2) is 18.5 Å². The fourth-order valence-corrected chi connectivity index (χ4v) is 1.11. The lowest BCUT2D eigenvalue weighted by atomic mass is 10.4. The van der Waals surface area contributed by atoms with Gasteiger partial charge in [-0.05, 0) is 13.3 Å². The summed E-state index contributed by atoms with van der Waals surface area (Å²) in [6, 6.07) is 0. The Labute approximate surface area is 55.8 Å². The van der Waals surface area contributed by atoms with Gasteiger partial charge in [0.25, 0.3) is 0 Å². The molecule has 1 nitrogen and oxygen atoms in total. The first-order valence-electron chi connectivity index (χ1n) is 2.81. The maximum Gasteiger partial charge on any atom is 0.0218 e. The highest BCUT2D eigenvalue weighted by molar-refractivity contribution is 7.84. The van der Waals surface area contributed by atoms with E-state index in [2.05, 4.69) is 31.5 Å². The number of hydrogen-bond acceptors (Lipinski definition) is 2. The van der Waals surface area contributed by atoms with Crippen molar-refractivity contribution in [2.45, 2.75) is 13.3 Å². The lowest BCUT2D eigenvalue weighted by Crippen LogP contribution is -2.10. The molecule has 0 aromatic carbocycles. The monoisotopic (exact) mass is 129 g/mol. The van der Waals surface area contributed by atoms with Crippen LogP contribution in [0.25, 0.3) is 0 Å². The second kappa shape index (κ2) is 2.02. The Balaban J connectivity index is 2.71. The molecule has 0 bridgehead atoms. The van der Waals surface area contributed by atoms with Crippen molar-refractivity contribution in [2.75, 3.05) is 13.6 Å². The van der Waals surface area contributed by atoms with E-state index in [0.717, 1.165) is 13.0 Å². The summed E-state index contributed by atoms with van der Waals surface area (Å²) in [5, 5.41) is 0. The zero-order valence-corrected chi connectivity index (χ0v) is 6.20. The minimum absolute atomic E-state index is 1.13. The van der Waals surface area contributed by atoms with Crippen molar-refractivity contribution in [2.24, 2.45) is 0 Å². The normalized spacial score (nSPS) is 20.6. The van der Waals surface area contributed by atoms with Crippen LogP contribution >= 0.6 is 12.6 Å². The molecule has 0 saturated carbocycles. The van der Waals surface area contributed by atoms with Gasteiger partial charge in [0, 0.05) is 24.2 Å². The van der Waals surface area contributed by atoms with Crippen LogP contribution in [0.2, 0.25) is 0 Å². The van der Waals surface area contributed by atoms with Gasteiger partial charge in [0.15, 0.2) is 0 Å². The maximum atomic E-state index is 4.28. The predicted octanol–water partition coefficient (Wildman–Crippen LogP) is 1.48. The highest BCUT2D eigenvalue weighted by Crippen LogP contribution is 2.22. The van der Waals surface area contributed by atoms with Crippen LogP contribution in [-0.2, 0) is 0 Å². The molecule has 0 N–H and O–H groups in total. The maximum absolute atomic E-state index is 4.28. The predicted molar refractivity (Wildman–Crippen MR) is 38.9 cm³/mol. The van der Waals surface area contributed by atoms with Gasteiger partial charge in [-0.1, -0.05) is 0 Å². The molecule has 0 spiro atoms. The third-order valence-corrected chi connectivity index (χ3v) is 2.22. The lowest BCUT2D eigenvalue weighted by molar-refractivity contribution is 0.460. The highest BCUT2D eigenvalue weighted by atomic mass is 32.1. The van der Waals surface area contributed by atoms with Gasteiger partial charge in [0.2, 0.25) is 0 Å². The molecule has 0 radical (unpaired) electrons. The molecule has 0 saturated heterocycles. The Kier molecular flexibility index (Phi) is 1.52. The standard InChI is InChI=1S/C6H11NS/c1-5-6(8)3-4-7(5)2/h8H,3-4H2,1-2H3. The van der Waals surface area contributed by atoms with Gasteiger partial charge in [-0.25, -0.2) is 0 Å². The van der Waals surface area contributed by atoms with E-state index in [-0.39, 0.29) is 0 Å². The molecule has 0 aromatic heterocycles. The number of nitrogens with zero attached hydrogens (tertiary/aromatic N) is 1. The van der Waals surface area contributed by atoms with Crippen molar-refractivity contribution in [3.05, 3.63) is 10.6 Å². The molecule has 0 unspecified atom stereocenters. The first-order chi connectivity index (χ1) is 3.72. The van der Waals surface area contributed by atoms with E-state index < -0.39 is 0 Å². The summed E-state index contributed by atoms with van der Waals surface area (Å²) in [5.74, 6) is 0. The van der Waals surface area contributed by atoms with E-state index in [1.165, 1.54) is 10.6 Å². The zero-order chi connectivity index (χ0) is 6.15. The van der Waals surface area contributed by atoms with Gasteiger partial charge in [-0.15, -0.1) is 12.6 Å². The van der Waals surface area contributed by atoms with E-state index in [1.807, 2.05) is 0 Å². The Morgan fingerprint density at radius 3 is 2.38 bits per heavy atom. The van der Waals surface area contributed by atoms with E-state index in [9.17, 15) is 0 Å². The molecule has 0 atom stereocenters. The second-order valence-electron chi connectivity index (χ2n) is 2.20. The van der Waals surface area contributed by atoms with Crippen molar-refractivity contribution in [1.82, 2.24) is 4.90 Å². The molecule has 1 aliphatic heterocycles. The van der Waals surface area contributed by atoms with Crippen LogP contribution in [0, 0.1) is 0 Å². The SMILES string of the molecule is CC1=C(S)CCN1C. The van der Waals surface area contributed by atoms with Gasteiger partial charge in [0.1, 0.15) is 0 Å². The third kappa shape index (κ3) is 0.848. The number of thiol groups is 1. The quantitative estimate of drug-likeness (QED) is 0.485. The summed E-state index contributed by atoms with van der Waals surface area (Å²) in [7, 11) is 2.10. The van der Waals surface area contributed by atoms with Crippen molar-refractivity contribution >= 4 is 12.6 Å². The number of allylic oxidation sites excluding steroid dienone is 1. The van der Waals surface area contributed by atoms with Gasteiger partial charge < -0.3 is 4.90 Å². The van der Waals surface area contributed by atoms with Crippen molar-refractivity contribution in [3.63, 3.8) is 0 Å². The lowest BCUT2D eigenvalue weighted by Gasteiger charge is -2.10. The van der Waals surface area contributed by atoms with Crippen LogP contribution < -0.4 is 0 Å². The van der Waals surface area contributed by atoms with Gasteiger partial charge in [-0.2, -0.15) is 0 Å².